The van der Waals surface area contributed by atoms with Crippen molar-refractivity contribution < 1.29 is 19.5 Å². The number of imide groups is 2. The number of aliphatic hydroxyl groups is 1. The molecule has 2 rings (SSSR count). The van der Waals surface area contributed by atoms with E-state index in [-0.39, 0.29) is 5.01 Å². The van der Waals surface area contributed by atoms with E-state index in [4.69, 9.17) is 0 Å². The molecule has 15 heavy (non-hydrogen) atoms. The summed E-state index contributed by atoms with van der Waals surface area (Å²) in [6.07, 6.45) is 1.34. The van der Waals surface area contributed by atoms with Crippen molar-refractivity contribution in [1.82, 2.24) is 15.6 Å². The zero-order valence-corrected chi connectivity index (χ0v) is 8.00. The molecular formula is C7H5N3O4S. The van der Waals surface area contributed by atoms with Crippen LogP contribution < -0.4 is 10.6 Å². The Kier molecular flexibility index (Phi) is 2.02. The van der Waals surface area contributed by atoms with Crippen molar-refractivity contribution in [3.05, 3.63) is 16.6 Å². The molecule has 1 aromatic rings. The van der Waals surface area contributed by atoms with E-state index in [9.17, 15) is 19.5 Å². The molecule has 0 unspecified atom stereocenters. The van der Waals surface area contributed by atoms with E-state index in [0.717, 1.165) is 11.3 Å². The summed E-state index contributed by atoms with van der Waals surface area (Å²) in [5, 5.41) is 14.9. The summed E-state index contributed by atoms with van der Waals surface area (Å²) < 4.78 is 0. The minimum absolute atomic E-state index is 0.0787. The van der Waals surface area contributed by atoms with Gasteiger partial charge in [0.1, 0.15) is 5.01 Å². The zero-order chi connectivity index (χ0) is 11.1. The van der Waals surface area contributed by atoms with Gasteiger partial charge >= 0.3 is 6.03 Å². The second kappa shape index (κ2) is 3.11. The fourth-order valence-corrected chi connectivity index (χ4v) is 1.85. The molecule has 2 heterocycles. The van der Waals surface area contributed by atoms with E-state index in [1.807, 2.05) is 0 Å². The highest BCUT2D eigenvalue weighted by Crippen LogP contribution is 2.25. The van der Waals surface area contributed by atoms with Gasteiger partial charge in [0.15, 0.2) is 0 Å². The van der Waals surface area contributed by atoms with Crippen molar-refractivity contribution in [3.8, 4) is 0 Å². The molecule has 1 aliphatic rings. The molecule has 0 radical (unpaired) electrons. The average Bonchev–Trinajstić information content (AvgIpc) is 2.66. The summed E-state index contributed by atoms with van der Waals surface area (Å²) in [5.74, 6) is -2.18. The van der Waals surface area contributed by atoms with Gasteiger partial charge in [0.25, 0.3) is 17.4 Å². The number of rotatable bonds is 1. The highest BCUT2D eigenvalue weighted by atomic mass is 32.1. The van der Waals surface area contributed by atoms with E-state index in [0.29, 0.717) is 0 Å². The predicted octanol–water partition coefficient (Wildman–Crippen LogP) is -1.30. The first-order valence-corrected chi connectivity index (χ1v) is 4.72. The maximum atomic E-state index is 11.4. The van der Waals surface area contributed by atoms with Crippen LogP contribution in [0.1, 0.15) is 5.01 Å². The number of aromatic nitrogens is 1. The van der Waals surface area contributed by atoms with Gasteiger partial charge in [-0.3, -0.25) is 20.2 Å². The van der Waals surface area contributed by atoms with Crippen molar-refractivity contribution in [2.24, 2.45) is 0 Å². The van der Waals surface area contributed by atoms with Gasteiger partial charge in [-0.25, -0.2) is 9.78 Å². The van der Waals surface area contributed by atoms with Crippen LogP contribution in [0, 0.1) is 0 Å². The quantitative estimate of drug-likeness (QED) is 0.516. The molecule has 0 saturated carbocycles. The number of carbonyl (C=O) groups excluding carboxylic acids is 3. The Labute approximate surface area is 87.1 Å². The first-order chi connectivity index (χ1) is 7.05. The molecule has 1 aromatic heterocycles. The van der Waals surface area contributed by atoms with Gasteiger partial charge in [-0.1, -0.05) is 0 Å². The number of hydrogen-bond donors (Lipinski definition) is 3. The lowest BCUT2D eigenvalue weighted by atomic mass is 10.0. The number of barbiturate groups is 1. The Morgan fingerprint density at radius 2 is 1.87 bits per heavy atom. The summed E-state index contributed by atoms with van der Waals surface area (Å²) in [7, 11) is 0. The fourth-order valence-electron chi connectivity index (χ4n) is 1.12. The molecule has 8 heteroatoms. The molecule has 3 N–H and O–H groups in total. The Bertz CT molecular complexity index is 421. The van der Waals surface area contributed by atoms with Gasteiger partial charge < -0.3 is 5.11 Å². The van der Waals surface area contributed by atoms with Gasteiger partial charge in [0, 0.05) is 11.6 Å². The topological polar surface area (TPSA) is 108 Å². The molecular weight excluding hydrogens is 222 g/mol. The van der Waals surface area contributed by atoms with Crippen molar-refractivity contribution in [1.29, 1.82) is 0 Å². The Morgan fingerprint density at radius 3 is 2.33 bits per heavy atom. The highest BCUT2D eigenvalue weighted by molar-refractivity contribution is 7.10. The molecule has 0 aromatic carbocycles. The van der Waals surface area contributed by atoms with Crippen LogP contribution in [0.3, 0.4) is 0 Å². The van der Waals surface area contributed by atoms with Gasteiger partial charge in [-0.2, -0.15) is 0 Å². The van der Waals surface area contributed by atoms with Crippen LogP contribution in [0.25, 0.3) is 0 Å². The number of urea groups is 1. The van der Waals surface area contributed by atoms with Crippen LogP contribution >= 0.6 is 11.3 Å². The number of thiazole rings is 1. The second-order valence-corrected chi connectivity index (χ2v) is 3.68. The lowest BCUT2D eigenvalue weighted by Gasteiger charge is -2.26. The number of nitrogens with one attached hydrogen (secondary N) is 2. The number of hydrogen-bond acceptors (Lipinski definition) is 6. The SMILES string of the molecule is O=C1NC(=O)C(O)(c2nccs2)C(=O)N1. The first-order valence-electron chi connectivity index (χ1n) is 3.84. The lowest BCUT2D eigenvalue weighted by Crippen LogP contribution is -2.64. The first kappa shape index (κ1) is 9.74. The van der Waals surface area contributed by atoms with Crippen LogP contribution in [0.4, 0.5) is 4.79 Å². The average molecular weight is 227 g/mol. The fraction of sp³-hybridized carbons (Fsp3) is 0.143. The monoisotopic (exact) mass is 227 g/mol. The molecule has 78 valence electrons. The molecule has 4 amide bonds. The standard InChI is InChI=1S/C7H5N3O4S/c11-3-7(14,5-8-1-2-15-5)4(12)10-6(13)9-3/h1-2,14H,(H2,9,10,11,12,13). The Balaban J connectivity index is 2.46. The van der Waals surface area contributed by atoms with E-state index in [2.05, 4.69) is 4.98 Å². The minimum atomic E-state index is -2.41. The predicted molar refractivity (Wildman–Crippen MR) is 47.7 cm³/mol. The van der Waals surface area contributed by atoms with Crippen LogP contribution in [0.15, 0.2) is 11.6 Å². The maximum absolute atomic E-state index is 11.4. The van der Waals surface area contributed by atoms with Crippen molar-refractivity contribution in [2.45, 2.75) is 5.60 Å². The maximum Gasteiger partial charge on any atom is 0.328 e. The molecule has 1 saturated heterocycles. The van der Waals surface area contributed by atoms with E-state index in [1.165, 1.54) is 11.6 Å². The third-order valence-electron chi connectivity index (χ3n) is 1.85. The summed E-state index contributed by atoms with van der Waals surface area (Å²) >= 11 is 0.943. The molecule has 0 bridgehead atoms. The normalized spacial score (nSPS) is 19.7. The van der Waals surface area contributed by atoms with E-state index < -0.39 is 23.4 Å². The zero-order valence-electron chi connectivity index (χ0n) is 7.18. The summed E-state index contributed by atoms with van der Waals surface area (Å²) in [4.78, 5) is 37.1. The van der Waals surface area contributed by atoms with E-state index in [1.54, 1.807) is 10.6 Å². The molecule has 1 aliphatic heterocycles. The minimum Gasteiger partial charge on any atom is -0.366 e. The van der Waals surface area contributed by atoms with Gasteiger partial charge in [-0.15, -0.1) is 11.3 Å². The van der Waals surface area contributed by atoms with Gasteiger partial charge in [-0.05, 0) is 0 Å². The van der Waals surface area contributed by atoms with Crippen LogP contribution in [-0.4, -0.2) is 27.9 Å². The lowest BCUT2D eigenvalue weighted by molar-refractivity contribution is -0.155. The van der Waals surface area contributed by atoms with Crippen LogP contribution in [0.5, 0.6) is 0 Å². The van der Waals surface area contributed by atoms with Crippen molar-refractivity contribution in [2.75, 3.05) is 0 Å². The number of amides is 4. The number of nitrogens with zero attached hydrogens (tertiary/aromatic N) is 1. The Hall–Kier alpha value is -1.80. The summed E-state index contributed by atoms with van der Waals surface area (Å²) in [6.45, 7) is 0. The van der Waals surface area contributed by atoms with E-state index >= 15 is 0 Å². The summed E-state index contributed by atoms with van der Waals surface area (Å²) in [6, 6.07) is -0.953. The van der Waals surface area contributed by atoms with Crippen LogP contribution in [-0.2, 0) is 15.2 Å². The molecule has 0 aliphatic carbocycles. The smallest absolute Gasteiger partial charge is 0.328 e. The number of carbonyl (C=O) groups is 3. The van der Waals surface area contributed by atoms with Gasteiger partial charge in [0.05, 0.1) is 0 Å². The third kappa shape index (κ3) is 1.30. The largest absolute Gasteiger partial charge is 0.366 e. The molecule has 0 atom stereocenters. The molecule has 0 spiro atoms. The third-order valence-corrected chi connectivity index (χ3v) is 2.74. The highest BCUT2D eigenvalue weighted by Gasteiger charge is 2.52. The van der Waals surface area contributed by atoms with Crippen LogP contribution in [0.2, 0.25) is 0 Å². The summed E-state index contributed by atoms with van der Waals surface area (Å²) in [5.41, 5.74) is -2.41. The van der Waals surface area contributed by atoms with Crippen molar-refractivity contribution >= 4 is 29.2 Å². The Morgan fingerprint density at radius 1 is 1.27 bits per heavy atom. The second-order valence-electron chi connectivity index (χ2n) is 2.79. The molecule has 1 fully saturated rings. The van der Waals surface area contributed by atoms with Gasteiger partial charge in [0.2, 0.25) is 0 Å². The molecule has 7 nitrogen and oxygen atoms in total. The van der Waals surface area contributed by atoms with Crippen molar-refractivity contribution in [3.63, 3.8) is 0 Å².